The number of nitrogens with zero attached hydrogens (tertiary/aromatic N) is 3. The number of amides is 1. The molecule has 2 aromatic carbocycles. The van der Waals surface area contributed by atoms with E-state index in [0.29, 0.717) is 55.9 Å². The van der Waals surface area contributed by atoms with Crippen molar-refractivity contribution in [3.8, 4) is 11.4 Å². The number of halogens is 1. The van der Waals surface area contributed by atoms with Gasteiger partial charge in [0.15, 0.2) is 5.82 Å². The van der Waals surface area contributed by atoms with Gasteiger partial charge in [0.25, 0.3) is 0 Å². The molecule has 0 bridgehead atoms. The maximum absolute atomic E-state index is 12.4. The van der Waals surface area contributed by atoms with Crippen LogP contribution in [0.4, 0.5) is 5.82 Å². The summed E-state index contributed by atoms with van der Waals surface area (Å²) in [4.78, 5) is 23.6. The number of anilines is 1. The molecule has 1 aliphatic rings. The minimum atomic E-state index is 0.125. The fourth-order valence-corrected chi connectivity index (χ4v) is 3.45. The molecule has 1 aliphatic heterocycles. The molecule has 2 heterocycles. The molecule has 0 radical (unpaired) electrons. The number of morpholine rings is 1. The van der Waals surface area contributed by atoms with Crippen LogP contribution in [-0.2, 0) is 9.53 Å². The number of carbonyl (C=O) groups excluding carboxylic acids is 1. The second-order valence-corrected chi connectivity index (χ2v) is 6.97. The van der Waals surface area contributed by atoms with E-state index in [-0.39, 0.29) is 5.91 Å². The number of hydrogen-bond acceptors (Lipinski definition) is 5. The summed E-state index contributed by atoms with van der Waals surface area (Å²) in [6.45, 7) is 3.03. The molecule has 6 nitrogen and oxygen atoms in total. The zero-order valence-electron chi connectivity index (χ0n) is 15.4. The van der Waals surface area contributed by atoms with E-state index in [4.69, 9.17) is 16.3 Å². The Hall–Kier alpha value is -2.70. The molecule has 144 valence electrons. The van der Waals surface area contributed by atoms with Crippen LogP contribution in [0, 0.1) is 0 Å². The molecule has 4 rings (SSSR count). The van der Waals surface area contributed by atoms with Gasteiger partial charge >= 0.3 is 0 Å². The summed E-state index contributed by atoms with van der Waals surface area (Å²) in [5.41, 5.74) is 1.61. The first kappa shape index (κ1) is 18.7. The fraction of sp³-hybridized carbons (Fsp3) is 0.286. The maximum atomic E-state index is 12.4. The van der Waals surface area contributed by atoms with Crippen LogP contribution in [0.3, 0.4) is 0 Å². The lowest BCUT2D eigenvalue weighted by Gasteiger charge is -2.26. The molecule has 1 amide bonds. The third-order valence-corrected chi connectivity index (χ3v) is 5.04. The van der Waals surface area contributed by atoms with Gasteiger partial charge in [-0.15, -0.1) is 0 Å². The minimum absolute atomic E-state index is 0.125. The molecule has 1 aromatic heterocycles. The zero-order chi connectivity index (χ0) is 19.3. The lowest BCUT2D eigenvalue weighted by Crippen LogP contribution is -2.41. The van der Waals surface area contributed by atoms with Crippen LogP contribution in [0.5, 0.6) is 0 Å². The third-order valence-electron chi connectivity index (χ3n) is 4.71. The third kappa shape index (κ3) is 4.08. The Kier molecular flexibility index (Phi) is 5.69. The number of nitrogens with one attached hydrogen (secondary N) is 1. The van der Waals surface area contributed by atoms with Gasteiger partial charge in [0.05, 0.1) is 23.8 Å². The highest BCUT2D eigenvalue weighted by molar-refractivity contribution is 6.33. The summed E-state index contributed by atoms with van der Waals surface area (Å²) < 4.78 is 5.30. The van der Waals surface area contributed by atoms with E-state index >= 15 is 0 Å². The van der Waals surface area contributed by atoms with Crippen molar-refractivity contribution < 1.29 is 9.53 Å². The molecule has 7 heteroatoms. The molecule has 0 saturated carbocycles. The number of para-hydroxylation sites is 1. The van der Waals surface area contributed by atoms with E-state index in [2.05, 4.69) is 15.3 Å². The monoisotopic (exact) mass is 396 g/mol. The molecule has 0 spiro atoms. The van der Waals surface area contributed by atoms with Crippen LogP contribution in [0.15, 0.2) is 48.5 Å². The van der Waals surface area contributed by atoms with Crippen LogP contribution < -0.4 is 5.32 Å². The van der Waals surface area contributed by atoms with E-state index < -0.39 is 0 Å². The van der Waals surface area contributed by atoms with Crippen molar-refractivity contribution in [3.05, 3.63) is 53.6 Å². The van der Waals surface area contributed by atoms with Crippen LogP contribution in [0.1, 0.15) is 6.42 Å². The molecule has 3 aromatic rings. The van der Waals surface area contributed by atoms with Gasteiger partial charge in [-0.25, -0.2) is 9.97 Å². The van der Waals surface area contributed by atoms with E-state index in [1.807, 2.05) is 53.4 Å². The smallest absolute Gasteiger partial charge is 0.224 e. The van der Waals surface area contributed by atoms with Gasteiger partial charge < -0.3 is 15.0 Å². The second-order valence-electron chi connectivity index (χ2n) is 6.56. The number of aromatic nitrogens is 2. The summed E-state index contributed by atoms with van der Waals surface area (Å²) >= 11 is 6.33. The van der Waals surface area contributed by atoms with E-state index in [1.165, 1.54) is 0 Å². The van der Waals surface area contributed by atoms with Crippen molar-refractivity contribution in [2.45, 2.75) is 6.42 Å². The lowest BCUT2D eigenvalue weighted by atomic mass is 10.2. The molecular weight excluding hydrogens is 376 g/mol. The van der Waals surface area contributed by atoms with Gasteiger partial charge in [-0.1, -0.05) is 35.9 Å². The summed E-state index contributed by atoms with van der Waals surface area (Å²) in [5, 5.41) is 4.83. The zero-order valence-corrected chi connectivity index (χ0v) is 16.2. The molecular formula is C21H21ClN4O2. The predicted octanol–water partition coefficient (Wildman–Crippen LogP) is 3.61. The quantitative estimate of drug-likeness (QED) is 0.713. The van der Waals surface area contributed by atoms with Crippen molar-refractivity contribution in [2.75, 3.05) is 38.2 Å². The number of rotatable bonds is 5. The molecule has 1 fully saturated rings. The van der Waals surface area contributed by atoms with E-state index in [9.17, 15) is 4.79 Å². The molecule has 0 aliphatic carbocycles. The van der Waals surface area contributed by atoms with E-state index in [1.54, 1.807) is 0 Å². The predicted molar refractivity (Wildman–Crippen MR) is 110 cm³/mol. The molecule has 1 N–H and O–H groups in total. The van der Waals surface area contributed by atoms with E-state index in [0.717, 1.165) is 16.5 Å². The fourth-order valence-electron chi connectivity index (χ4n) is 3.23. The Bertz CT molecular complexity index is 989. The lowest BCUT2D eigenvalue weighted by molar-refractivity contribution is -0.134. The number of ether oxygens (including phenoxy) is 1. The molecule has 0 atom stereocenters. The van der Waals surface area contributed by atoms with Gasteiger partial charge in [-0.05, 0) is 24.3 Å². The average Bonchev–Trinajstić information content (AvgIpc) is 2.74. The highest BCUT2D eigenvalue weighted by Gasteiger charge is 2.17. The number of benzene rings is 2. The Morgan fingerprint density at radius 3 is 2.64 bits per heavy atom. The van der Waals surface area contributed by atoms with Crippen molar-refractivity contribution in [3.63, 3.8) is 0 Å². The molecule has 0 unspecified atom stereocenters. The van der Waals surface area contributed by atoms with Crippen molar-refractivity contribution >= 4 is 34.2 Å². The van der Waals surface area contributed by atoms with Crippen molar-refractivity contribution in [1.29, 1.82) is 0 Å². The first-order valence-electron chi connectivity index (χ1n) is 9.33. The maximum Gasteiger partial charge on any atom is 0.224 e. The van der Waals surface area contributed by atoms with Crippen LogP contribution in [-0.4, -0.2) is 53.6 Å². The second kappa shape index (κ2) is 8.54. The van der Waals surface area contributed by atoms with Crippen LogP contribution >= 0.6 is 11.6 Å². The summed E-state index contributed by atoms with van der Waals surface area (Å²) in [7, 11) is 0. The largest absolute Gasteiger partial charge is 0.378 e. The Morgan fingerprint density at radius 1 is 1.07 bits per heavy atom. The Labute approximate surface area is 168 Å². The normalized spacial score (nSPS) is 14.2. The highest BCUT2D eigenvalue weighted by atomic mass is 35.5. The number of fused-ring (bicyclic) bond motifs is 1. The standard InChI is InChI=1S/C21H21ClN4O2/c22-17-7-3-1-5-15(17)21-24-18-8-4-2-6-16(18)20(25-21)23-10-9-19(27)26-11-13-28-14-12-26/h1-8H,9-14H2,(H,23,24,25). The topological polar surface area (TPSA) is 67.4 Å². The summed E-state index contributed by atoms with van der Waals surface area (Å²) in [6, 6.07) is 15.3. The van der Waals surface area contributed by atoms with Gasteiger partial charge in [0.2, 0.25) is 5.91 Å². The van der Waals surface area contributed by atoms with Crippen molar-refractivity contribution in [2.24, 2.45) is 0 Å². The van der Waals surface area contributed by atoms with Gasteiger partial charge in [-0.2, -0.15) is 0 Å². The van der Waals surface area contributed by atoms with Gasteiger partial charge in [0.1, 0.15) is 5.82 Å². The highest BCUT2D eigenvalue weighted by Crippen LogP contribution is 2.29. The van der Waals surface area contributed by atoms with Gasteiger partial charge in [-0.3, -0.25) is 4.79 Å². The molecule has 1 saturated heterocycles. The summed E-state index contributed by atoms with van der Waals surface area (Å²) in [5.74, 6) is 1.39. The van der Waals surface area contributed by atoms with Crippen LogP contribution in [0.2, 0.25) is 5.02 Å². The van der Waals surface area contributed by atoms with Crippen molar-refractivity contribution in [1.82, 2.24) is 14.9 Å². The summed E-state index contributed by atoms with van der Waals surface area (Å²) in [6.07, 6.45) is 0.403. The number of carbonyl (C=O) groups is 1. The SMILES string of the molecule is O=C(CCNc1nc(-c2ccccc2Cl)nc2ccccc12)N1CCOCC1. The number of hydrogen-bond donors (Lipinski definition) is 1. The Balaban J connectivity index is 1.55. The van der Waals surface area contributed by atoms with Gasteiger partial charge in [0, 0.05) is 37.0 Å². The van der Waals surface area contributed by atoms with Crippen LogP contribution in [0.25, 0.3) is 22.3 Å². The average molecular weight is 397 g/mol. The minimum Gasteiger partial charge on any atom is -0.378 e. The first-order chi connectivity index (χ1) is 13.7. The first-order valence-corrected chi connectivity index (χ1v) is 9.71. The molecule has 28 heavy (non-hydrogen) atoms. The Morgan fingerprint density at radius 2 is 1.82 bits per heavy atom.